The average Bonchev–Trinajstić information content (AvgIpc) is 2.96. The number of nitrogens with one attached hydrogen (secondary N) is 1. The summed E-state index contributed by atoms with van der Waals surface area (Å²) >= 11 is 0. The predicted octanol–water partition coefficient (Wildman–Crippen LogP) is 1.71. The number of piperidine rings is 2. The molecule has 120 valence electrons. The van der Waals surface area contributed by atoms with Gasteiger partial charge in [-0.05, 0) is 71.0 Å². The van der Waals surface area contributed by atoms with Crippen LogP contribution in [0.4, 0.5) is 0 Å². The van der Waals surface area contributed by atoms with E-state index in [1.807, 2.05) is 0 Å². The van der Waals surface area contributed by atoms with Gasteiger partial charge in [-0.2, -0.15) is 0 Å². The molecule has 21 heavy (non-hydrogen) atoms. The lowest BCUT2D eigenvalue weighted by atomic mass is 9.77. The van der Waals surface area contributed by atoms with Crippen LogP contribution in [0.5, 0.6) is 0 Å². The lowest BCUT2D eigenvalue weighted by molar-refractivity contribution is -0.139. The van der Waals surface area contributed by atoms with Crippen molar-refractivity contribution in [1.82, 2.24) is 15.1 Å². The summed E-state index contributed by atoms with van der Waals surface area (Å²) in [7, 11) is 0. The van der Waals surface area contributed by atoms with Gasteiger partial charge in [-0.15, -0.1) is 0 Å². The molecule has 4 heteroatoms. The van der Waals surface area contributed by atoms with Crippen molar-refractivity contribution >= 4 is 5.91 Å². The minimum atomic E-state index is 0.288. The molecule has 0 aromatic heterocycles. The van der Waals surface area contributed by atoms with Crippen molar-refractivity contribution in [2.75, 3.05) is 39.3 Å². The molecule has 3 rings (SSSR count). The fourth-order valence-corrected chi connectivity index (χ4v) is 4.34. The largest absolute Gasteiger partial charge is 0.342 e. The first-order valence-electron chi connectivity index (χ1n) is 8.83. The van der Waals surface area contributed by atoms with Crippen LogP contribution >= 0.6 is 0 Å². The van der Waals surface area contributed by atoms with E-state index in [1.165, 1.54) is 32.4 Å². The monoisotopic (exact) mass is 293 g/mol. The predicted molar refractivity (Wildman–Crippen MR) is 85.2 cm³/mol. The van der Waals surface area contributed by atoms with Crippen LogP contribution in [0.3, 0.4) is 0 Å². The zero-order valence-electron chi connectivity index (χ0n) is 13.7. The van der Waals surface area contributed by atoms with E-state index in [4.69, 9.17) is 0 Å². The van der Waals surface area contributed by atoms with Gasteiger partial charge in [0, 0.05) is 31.6 Å². The van der Waals surface area contributed by atoms with E-state index in [-0.39, 0.29) is 5.92 Å². The van der Waals surface area contributed by atoms with E-state index < -0.39 is 0 Å². The van der Waals surface area contributed by atoms with Crippen molar-refractivity contribution in [3.63, 3.8) is 0 Å². The van der Waals surface area contributed by atoms with Gasteiger partial charge in [-0.25, -0.2) is 0 Å². The number of likely N-dealkylation sites (tertiary alicyclic amines) is 2. The molecule has 0 aromatic carbocycles. The highest BCUT2D eigenvalue weighted by Crippen LogP contribution is 2.37. The molecule has 1 spiro atoms. The van der Waals surface area contributed by atoms with Gasteiger partial charge in [0.05, 0.1) is 0 Å². The number of rotatable bonds is 2. The van der Waals surface area contributed by atoms with Gasteiger partial charge in [-0.3, -0.25) is 4.79 Å². The van der Waals surface area contributed by atoms with Crippen molar-refractivity contribution in [3.8, 4) is 0 Å². The molecule has 3 fully saturated rings. The number of hydrogen-bond acceptors (Lipinski definition) is 3. The number of carbonyl (C=O) groups is 1. The molecular formula is C17H31N3O. The average molecular weight is 293 g/mol. The second-order valence-electron chi connectivity index (χ2n) is 7.66. The minimum absolute atomic E-state index is 0.288. The highest BCUT2D eigenvalue weighted by molar-refractivity contribution is 5.79. The van der Waals surface area contributed by atoms with Crippen molar-refractivity contribution in [2.45, 2.75) is 52.0 Å². The topological polar surface area (TPSA) is 35.6 Å². The summed E-state index contributed by atoms with van der Waals surface area (Å²) < 4.78 is 0. The molecule has 0 aromatic rings. The van der Waals surface area contributed by atoms with Gasteiger partial charge in [0.15, 0.2) is 0 Å². The second kappa shape index (κ2) is 6.25. The first-order chi connectivity index (χ1) is 10.1. The maximum atomic E-state index is 12.7. The molecule has 0 atom stereocenters. The molecule has 1 amide bonds. The van der Waals surface area contributed by atoms with E-state index in [0.29, 0.717) is 17.4 Å². The van der Waals surface area contributed by atoms with Crippen molar-refractivity contribution in [2.24, 2.45) is 11.3 Å². The summed E-state index contributed by atoms with van der Waals surface area (Å²) in [4.78, 5) is 17.4. The Bertz CT molecular complexity index is 358. The third-order valence-electron chi connectivity index (χ3n) is 6.08. The highest BCUT2D eigenvalue weighted by Gasteiger charge is 2.39. The standard InChI is InChI=1S/C17H31N3O/c1-14(2)19-9-3-15(4-10-19)16(21)20-11-6-17(7-12-20)5-8-18-13-17/h14-15,18H,3-13H2,1-2H3. The summed E-state index contributed by atoms with van der Waals surface area (Å²) in [5, 5.41) is 3.50. The summed E-state index contributed by atoms with van der Waals surface area (Å²) in [6.07, 6.45) is 5.83. The first kappa shape index (κ1) is 15.3. The molecule has 0 aliphatic carbocycles. The number of carbonyl (C=O) groups excluding carboxylic acids is 1. The van der Waals surface area contributed by atoms with Gasteiger partial charge < -0.3 is 15.1 Å². The normalized spacial score (nSPS) is 27.7. The maximum Gasteiger partial charge on any atom is 0.225 e. The number of amides is 1. The quantitative estimate of drug-likeness (QED) is 0.842. The second-order valence-corrected chi connectivity index (χ2v) is 7.66. The Morgan fingerprint density at radius 2 is 1.76 bits per heavy atom. The Balaban J connectivity index is 1.48. The Hall–Kier alpha value is -0.610. The Morgan fingerprint density at radius 3 is 2.29 bits per heavy atom. The zero-order valence-corrected chi connectivity index (χ0v) is 13.7. The van der Waals surface area contributed by atoms with Gasteiger partial charge in [0.25, 0.3) is 0 Å². The summed E-state index contributed by atoms with van der Waals surface area (Å²) in [5.74, 6) is 0.731. The van der Waals surface area contributed by atoms with Crippen LogP contribution in [0.2, 0.25) is 0 Å². The van der Waals surface area contributed by atoms with Crippen LogP contribution in [0, 0.1) is 11.3 Å². The highest BCUT2D eigenvalue weighted by atomic mass is 16.2. The molecule has 3 aliphatic heterocycles. The summed E-state index contributed by atoms with van der Waals surface area (Å²) in [6.45, 7) is 11.0. The van der Waals surface area contributed by atoms with Gasteiger partial charge in [0.1, 0.15) is 0 Å². The molecule has 3 heterocycles. The molecule has 0 unspecified atom stereocenters. The lowest BCUT2D eigenvalue weighted by Gasteiger charge is -2.41. The van der Waals surface area contributed by atoms with Gasteiger partial charge >= 0.3 is 0 Å². The molecule has 0 bridgehead atoms. The molecule has 4 nitrogen and oxygen atoms in total. The molecule has 0 radical (unpaired) electrons. The van der Waals surface area contributed by atoms with Crippen LogP contribution in [-0.2, 0) is 4.79 Å². The van der Waals surface area contributed by atoms with Crippen molar-refractivity contribution in [1.29, 1.82) is 0 Å². The minimum Gasteiger partial charge on any atom is -0.342 e. The first-order valence-corrected chi connectivity index (χ1v) is 8.83. The number of nitrogens with zero attached hydrogens (tertiary/aromatic N) is 2. The SMILES string of the molecule is CC(C)N1CCC(C(=O)N2CCC3(CCNC3)CC2)CC1. The van der Waals surface area contributed by atoms with E-state index >= 15 is 0 Å². The van der Waals surface area contributed by atoms with Crippen molar-refractivity contribution < 1.29 is 4.79 Å². The lowest BCUT2D eigenvalue weighted by Crippen LogP contribution is -2.48. The molecular weight excluding hydrogens is 262 g/mol. The van der Waals surface area contributed by atoms with E-state index in [2.05, 4.69) is 29.0 Å². The van der Waals surface area contributed by atoms with E-state index in [1.54, 1.807) is 0 Å². The summed E-state index contributed by atoms with van der Waals surface area (Å²) in [6, 6.07) is 0.616. The fourth-order valence-electron chi connectivity index (χ4n) is 4.34. The van der Waals surface area contributed by atoms with Crippen LogP contribution < -0.4 is 5.32 Å². The van der Waals surface area contributed by atoms with Gasteiger partial charge in [-0.1, -0.05) is 0 Å². The van der Waals surface area contributed by atoms with Crippen LogP contribution in [0.15, 0.2) is 0 Å². The van der Waals surface area contributed by atoms with Gasteiger partial charge in [0.2, 0.25) is 5.91 Å². The van der Waals surface area contributed by atoms with E-state index in [0.717, 1.165) is 39.0 Å². The van der Waals surface area contributed by atoms with Crippen molar-refractivity contribution in [3.05, 3.63) is 0 Å². The Labute approximate surface area is 129 Å². The Kier molecular flexibility index (Phi) is 4.55. The van der Waals surface area contributed by atoms with Crippen LogP contribution in [0.25, 0.3) is 0 Å². The van der Waals surface area contributed by atoms with Crippen LogP contribution in [-0.4, -0.2) is 61.0 Å². The Morgan fingerprint density at radius 1 is 1.10 bits per heavy atom. The molecule has 0 saturated carbocycles. The van der Waals surface area contributed by atoms with Crippen LogP contribution in [0.1, 0.15) is 46.0 Å². The molecule has 1 N–H and O–H groups in total. The molecule has 3 saturated heterocycles. The maximum absolute atomic E-state index is 12.7. The summed E-state index contributed by atoms with van der Waals surface area (Å²) in [5.41, 5.74) is 0.512. The third kappa shape index (κ3) is 3.26. The van der Waals surface area contributed by atoms with E-state index in [9.17, 15) is 4.79 Å². The fraction of sp³-hybridized carbons (Fsp3) is 0.941. The third-order valence-corrected chi connectivity index (χ3v) is 6.08. The smallest absolute Gasteiger partial charge is 0.225 e. The molecule has 3 aliphatic rings. The zero-order chi connectivity index (χ0) is 14.9. The number of hydrogen-bond donors (Lipinski definition) is 1.